The number of nitrogens with zero attached hydrogens (tertiary/aromatic N) is 2. The standard InChI is InChI=1S/C30H28N2O2/c33-24-11-10-21-15-28-30(34)17-23-14-22-8-4-5-9-26(22)31-27(23)18-29(30,25(21)16-24)12-13-32(28)19-20-6-2-1-3-7-20/h1-11,14,16,28,33-34H,12-13,15,17-19H2/t28-,29-,30+/m1/s1. The normalized spacial score (nSPS) is 27.6. The van der Waals surface area contributed by atoms with Crippen LogP contribution < -0.4 is 0 Å². The molecule has 4 nitrogen and oxygen atoms in total. The zero-order chi connectivity index (χ0) is 22.9. The molecule has 3 aromatic carbocycles. The molecule has 2 bridgehead atoms. The van der Waals surface area contributed by atoms with Crippen LogP contribution in [0, 0.1) is 0 Å². The van der Waals surface area contributed by atoms with Crippen molar-refractivity contribution in [3.63, 3.8) is 0 Å². The van der Waals surface area contributed by atoms with Crippen LogP contribution in [0.1, 0.15) is 34.4 Å². The number of para-hydroxylation sites is 1. The monoisotopic (exact) mass is 448 g/mol. The van der Waals surface area contributed by atoms with Gasteiger partial charge in [0.15, 0.2) is 0 Å². The zero-order valence-corrected chi connectivity index (χ0v) is 19.1. The molecule has 2 N–H and O–H groups in total. The van der Waals surface area contributed by atoms with Crippen molar-refractivity contribution in [1.29, 1.82) is 0 Å². The van der Waals surface area contributed by atoms with E-state index in [2.05, 4.69) is 59.5 Å². The summed E-state index contributed by atoms with van der Waals surface area (Å²) in [6, 6.07) is 26.8. The average molecular weight is 449 g/mol. The summed E-state index contributed by atoms with van der Waals surface area (Å²) in [4.78, 5) is 7.56. The molecule has 7 rings (SSSR count). The molecule has 1 saturated heterocycles. The lowest BCUT2D eigenvalue weighted by atomic mass is 9.49. The molecule has 2 heterocycles. The van der Waals surface area contributed by atoms with Gasteiger partial charge >= 0.3 is 0 Å². The first-order valence-corrected chi connectivity index (χ1v) is 12.3. The Hall–Kier alpha value is -3.21. The highest BCUT2D eigenvalue weighted by molar-refractivity contribution is 5.79. The molecule has 4 aromatic rings. The zero-order valence-electron chi connectivity index (χ0n) is 19.1. The Morgan fingerprint density at radius 3 is 2.62 bits per heavy atom. The van der Waals surface area contributed by atoms with Gasteiger partial charge in [-0.05, 0) is 65.9 Å². The number of aliphatic hydroxyl groups is 1. The molecular weight excluding hydrogens is 420 g/mol. The number of hydrogen-bond acceptors (Lipinski definition) is 4. The summed E-state index contributed by atoms with van der Waals surface area (Å²) in [7, 11) is 0. The summed E-state index contributed by atoms with van der Waals surface area (Å²) >= 11 is 0. The van der Waals surface area contributed by atoms with Crippen LogP contribution in [-0.4, -0.2) is 38.3 Å². The van der Waals surface area contributed by atoms with Gasteiger partial charge in [0.2, 0.25) is 0 Å². The molecule has 0 radical (unpaired) electrons. The van der Waals surface area contributed by atoms with E-state index in [4.69, 9.17) is 4.98 Å². The van der Waals surface area contributed by atoms with Gasteiger partial charge in [-0.1, -0.05) is 54.6 Å². The van der Waals surface area contributed by atoms with Crippen molar-refractivity contribution in [2.24, 2.45) is 0 Å². The molecule has 3 aliphatic rings. The fourth-order valence-electron chi connectivity index (χ4n) is 7.10. The average Bonchev–Trinajstić information content (AvgIpc) is 2.84. The van der Waals surface area contributed by atoms with Crippen LogP contribution in [0.15, 0.2) is 78.9 Å². The number of aromatic nitrogens is 1. The second kappa shape index (κ2) is 7.14. The predicted molar refractivity (Wildman–Crippen MR) is 133 cm³/mol. The number of hydrogen-bond donors (Lipinski definition) is 2. The molecule has 1 fully saturated rings. The number of piperidine rings is 1. The van der Waals surface area contributed by atoms with Crippen LogP contribution >= 0.6 is 0 Å². The minimum Gasteiger partial charge on any atom is -0.508 e. The number of phenolic OH excluding ortho intramolecular Hbond substituents is 1. The van der Waals surface area contributed by atoms with Crippen molar-refractivity contribution in [3.8, 4) is 5.75 Å². The summed E-state index contributed by atoms with van der Waals surface area (Å²) in [6.45, 7) is 1.75. The lowest BCUT2D eigenvalue weighted by Gasteiger charge is -2.63. The van der Waals surface area contributed by atoms with Crippen LogP contribution in [0.2, 0.25) is 0 Å². The topological polar surface area (TPSA) is 56.6 Å². The predicted octanol–water partition coefficient (Wildman–Crippen LogP) is 4.54. The molecule has 170 valence electrons. The highest BCUT2D eigenvalue weighted by atomic mass is 16.3. The Morgan fingerprint density at radius 2 is 1.74 bits per heavy atom. The lowest BCUT2D eigenvalue weighted by molar-refractivity contribution is -0.153. The number of pyridine rings is 1. The Kier molecular flexibility index (Phi) is 4.24. The molecule has 0 saturated carbocycles. The second-order valence-corrected chi connectivity index (χ2v) is 10.4. The second-order valence-electron chi connectivity index (χ2n) is 10.4. The van der Waals surface area contributed by atoms with Crippen molar-refractivity contribution in [2.45, 2.75) is 49.3 Å². The molecular formula is C30H28N2O2. The van der Waals surface area contributed by atoms with Gasteiger partial charge in [0.1, 0.15) is 5.75 Å². The van der Waals surface area contributed by atoms with Crippen LogP contribution in [0.5, 0.6) is 5.75 Å². The highest BCUT2D eigenvalue weighted by Gasteiger charge is 2.64. The molecule has 0 spiro atoms. The fourth-order valence-corrected chi connectivity index (χ4v) is 7.10. The quantitative estimate of drug-likeness (QED) is 0.473. The maximum absolute atomic E-state index is 12.7. The van der Waals surface area contributed by atoms with E-state index in [9.17, 15) is 10.2 Å². The first-order chi connectivity index (χ1) is 16.6. The smallest absolute Gasteiger partial charge is 0.115 e. The minimum absolute atomic E-state index is 0.0121. The molecule has 1 aliphatic heterocycles. The number of benzene rings is 3. The van der Waals surface area contributed by atoms with Gasteiger partial charge in [-0.3, -0.25) is 9.88 Å². The van der Waals surface area contributed by atoms with Crippen molar-refractivity contribution in [3.05, 3.63) is 107 Å². The Balaban J connectivity index is 1.40. The highest BCUT2D eigenvalue weighted by Crippen LogP contribution is 2.57. The Labute approximate surface area is 199 Å². The minimum atomic E-state index is -0.919. The summed E-state index contributed by atoms with van der Waals surface area (Å²) in [5.41, 5.74) is 5.53. The van der Waals surface area contributed by atoms with Crippen molar-refractivity contribution in [2.75, 3.05) is 6.54 Å². The molecule has 34 heavy (non-hydrogen) atoms. The van der Waals surface area contributed by atoms with E-state index < -0.39 is 11.0 Å². The van der Waals surface area contributed by atoms with Gasteiger partial charge in [-0.15, -0.1) is 0 Å². The Bertz CT molecular complexity index is 1420. The van der Waals surface area contributed by atoms with E-state index in [1.54, 1.807) is 6.07 Å². The first-order valence-electron chi connectivity index (χ1n) is 12.3. The van der Waals surface area contributed by atoms with Crippen LogP contribution in [0.3, 0.4) is 0 Å². The third-order valence-corrected chi connectivity index (χ3v) is 8.72. The van der Waals surface area contributed by atoms with E-state index >= 15 is 0 Å². The van der Waals surface area contributed by atoms with Crippen molar-refractivity contribution < 1.29 is 10.2 Å². The third-order valence-electron chi connectivity index (χ3n) is 8.72. The van der Waals surface area contributed by atoms with E-state index in [0.29, 0.717) is 12.8 Å². The van der Waals surface area contributed by atoms with Crippen LogP contribution in [0.25, 0.3) is 10.9 Å². The van der Waals surface area contributed by atoms with Crippen LogP contribution in [-0.2, 0) is 31.2 Å². The number of phenols is 1. The van der Waals surface area contributed by atoms with Gasteiger partial charge in [0.05, 0.1) is 11.1 Å². The number of fused-ring (bicyclic) bond motifs is 3. The fraction of sp³-hybridized carbons (Fsp3) is 0.300. The maximum atomic E-state index is 12.7. The molecule has 4 heteroatoms. The summed E-state index contributed by atoms with van der Waals surface area (Å²) in [5.74, 6) is 0.276. The van der Waals surface area contributed by atoms with E-state index in [1.807, 2.05) is 18.2 Å². The molecule has 1 aromatic heterocycles. The van der Waals surface area contributed by atoms with Gasteiger partial charge in [-0.2, -0.15) is 0 Å². The lowest BCUT2D eigenvalue weighted by Crippen LogP contribution is -2.74. The Morgan fingerprint density at radius 1 is 0.912 bits per heavy atom. The summed E-state index contributed by atoms with van der Waals surface area (Å²) in [6.07, 6.45) is 2.93. The molecule has 2 aliphatic carbocycles. The molecule has 3 atom stereocenters. The van der Waals surface area contributed by atoms with Gasteiger partial charge in [-0.25, -0.2) is 0 Å². The van der Waals surface area contributed by atoms with Gasteiger partial charge in [0.25, 0.3) is 0 Å². The molecule has 0 unspecified atom stereocenters. The number of aromatic hydroxyl groups is 1. The largest absolute Gasteiger partial charge is 0.508 e. The number of rotatable bonds is 2. The van der Waals surface area contributed by atoms with Gasteiger partial charge < -0.3 is 10.2 Å². The SMILES string of the molecule is Oc1ccc2c(c1)[C@]13CCN(Cc4ccccc4)[C@H](C2)[C@@]1(O)Cc1cc2ccccc2nc1C3. The van der Waals surface area contributed by atoms with Crippen molar-refractivity contribution in [1.82, 2.24) is 9.88 Å². The summed E-state index contributed by atoms with van der Waals surface area (Å²) < 4.78 is 0. The number of likely N-dealkylation sites (tertiary alicyclic amines) is 1. The van der Waals surface area contributed by atoms with E-state index in [-0.39, 0.29) is 11.8 Å². The van der Waals surface area contributed by atoms with E-state index in [1.165, 1.54) is 11.1 Å². The van der Waals surface area contributed by atoms with Gasteiger partial charge in [0, 0.05) is 41.9 Å². The molecule has 0 amide bonds. The van der Waals surface area contributed by atoms with E-state index in [0.717, 1.165) is 53.7 Å². The summed E-state index contributed by atoms with van der Waals surface area (Å²) in [5, 5.41) is 24.3. The van der Waals surface area contributed by atoms with Crippen molar-refractivity contribution >= 4 is 10.9 Å². The first kappa shape index (κ1) is 20.2. The van der Waals surface area contributed by atoms with Crippen LogP contribution in [0.4, 0.5) is 0 Å². The maximum Gasteiger partial charge on any atom is 0.115 e. The third kappa shape index (κ3) is 2.76.